The van der Waals surface area contributed by atoms with Crippen molar-refractivity contribution in [3.8, 4) is 0 Å². The van der Waals surface area contributed by atoms with Crippen molar-refractivity contribution in [1.29, 1.82) is 0 Å². The van der Waals surface area contributed by atoms with Crippen molar-refractivity contribution in [2.45, 2.75) is 32.5 Å². The summed E-state index contributed by atoms with van der Waals surface area (Å²) in [6.45, 7) is 3.63. The minimum Gasteiger partial charge on any atom is -0.350 e. The topological polar surface area (TPSA) is 29.1 Å². The van der Waals surface area contributed by atoms with E-state index in [4.69, 9.17) is 0 Å². The molecular formula is C14H15BrF3NO. The lowest BCUT2D eigenvalue weighted by atomic mass is 10.1. The lowest BCUT2D eigenvalue weighted by Crippen LogP contribution is -2.30. The molecule has 0 fully saturated rings. The standard InChI is InChI=1S/C14H15BrF3NO/c1-9(2)19-13(20)12-6-5-11(15)8-10(12)4-3-7-14(16,17)18/h3-6,8-9H,7H2,1-2H3,(H,19,20)/b4-3+. The molecule has 0 saturated heterocycles. The predicted molar refractivity (Wildman–Crippen MR) is 76.5 cm³/mol. The summed E-state index contributed by atoms with van der Waals surface area (Å²) in [6.07, 6.45) is -2.95. The third-order valence-corrected chi connectivity index (χ3v) is 2.82. The van der Waals surface area contributed by atoms with Gasteiger partial charge in [0.05, 0.1) is 6.42 Å². The van der Waals surface area contributed by atoms with Gasteiger partial charge < -0.3 is 5.32 Å². The largest absolute Gasteiger partial charge is 0.392 e. The number of hydrogen-bond acceptors (Lipinski definition) is 1. The molecule has 1 aromatic rings. The second kappa shape index (κ2) is 6.92. The Labute approximate surface area is 124 Å². The molecule has 0 saturated carbocycles. The molecular weight excluding hydrogens is 335 g/mol. The molecule has 0 heterocycles. The molecule has 0 radical (unpaired) electrons. The molecule has 0 aliphatic heterocycles. The number of carbonyl (C=O) groups is 1. The van der Waals surface area contributed by atoms with Crippen LogP contribution in [-0.4, -0.2) is 18.1 Å². The van der Waals surface area contributed by atoms with E-state index in [1.807, 2.05) is 13.8 Å². The van der Waals surface area contributed by atoms with Gasteiger partial charge in [-0.1, -0.05) is 28.1 Å². The zero-order chi connectivity index (χ0) is 15.3. The monoisotopic (exact) mass is 349 g/mol. The van der Waals surface area contributed by atoms with E-state index < -0.39 is 12.6 Å². The molecule has 0 aromatic heterocycles. The number of halogens is 4. The Hall–Kier alpha value is -1.30. The van der Waals surface area contributed by atoms with E-state index in [-0.39, 0.29) is 11.9 Å². The zero-order valence-electron chi connectivity index (χ0n) is 11.1. The van der Waals surface area contributed by atoms with Gasteiger partial charge in [0.1, 0.15) is 0 Å². The van der Waals surface area contributed by atoms with Crippen LogP contribution in [0.5, 0.6) is 0 Å². The smallest absolute Gasteiger partial charge is 0.350 e. The van der Waals surface area contributed by atoms with Gasteiger partial charge in [0.15, 0.2) is 0 Å². The summed E-state index contributed by atoms with van der Waals surface area (Å²) in [5.74, 6) is -0.306. The number of benzene rings is 1. The van der Waals surface area contributed by atoms with Crippen molar-refractivity contribution in [3.05, 3.63) is 39.9 Å². The average molecular weight is 350 g/mol. The SMILES string of the molecule is CC(C)NC(=O)c1ccc(Br)cc1/C=C/CC(F)(F)F. The molecule has 1 amide bonds. The number of amides is 1. The molecule has 0 bridgehead atoms. The van der Waals surface area contributed by atoms with E-state index in [0.717, 1.165) is 6.08 Å². The molecule has 0 atom stereocenters. The van der Waals surface area contributed by atoms with E-state index in [1.54, 1.807) is 18.2 Å². The quantitative estimate of drug-likeness (QED) is 0.848. The molecule has 1 rings (SSSR count). The minimum absolute atomic E-state index is 0.0434. The maximum absolute atomic E-state index is 12.1. The number of carbonyl (C=O) groups excluding carboxylic acids is 1. The van der Waals surface area contributed by atoms with Crippen molar-refractivity contribution < 1.29 is 18.0 Å². The van der Waals surface area contributed by atoms with Gasteiger partial charge in [-0.3, -0.25) is 4.79 Å². The van der Waals surface area contributed by atoms with Crippen LogP contribution in [0.2, 0.25) is 0 Å². The summed E-state index contributed by atoms with van der Waals surface area (Å²) in [5, 5.41) is 2.72. The highest BCUT2D eigenvalue weighted by Gasteiger charge is 2.24. The lowest BCUT2D eigenvalue weighted by molar-refractivity contribution is -0.124. The normalized spacial score (nSPS) is 12.2. The van der Waals surface area contributed by atoms with Gasteiger partial charge in [-0.2, -0.15) is 13.2 Å². The highest BCUT2D eigenvalue weighted by Crippen LogP contribution is 2.22. The number of rotatable bonds is 4. The first-order valence-corrected chi connectivity index (χ1v) is 6.82. The Morgan fingerprint density at radius 1 is 1.40 bits per heavy atom. The Morgan fingerprint density at radius 3 is 2.60 bits per heavy atom. The van der Waals surface area contributed by atoms with Crippen LogP contribution in [-0.2, 0) is 0 Å². The lowest BCUT2D eigenvalue weighted by Gasteiger charge is -2.11. The van der Waals surface area contributed by atoms with Crippen molar-refractivity contribution in [1.82, 2.24) is 5.32 Å². The minimum atomic E-state index is -4.25. The van der Waals surface area contributed by atoms with Crippen LogP contribution in [0, 0.1) is 0 Å². The van der Waals surface area contributed by atoms with Crippen LogP contribution in [0.3, 0.4) is 0 Å². The van der Waals surface area contributed by atoms with E-state index in [1.165, 1.54) is 6.08 Å². The van der Waals surface area contributed by atoms with Gasteiger partial charge in [-0.05, 0) is 37.6 Å². The van der Waals surface area contributed by atoms with Gasteiger partial charge in [0.25, 0.3) is 5.91 Å². The van der Waals surface area contributed by atoms with Crippen molar-refractivity contribution in [2.24, 2.45) is 0 Å². The Morgan fingerprint density at radius 2 is 2.05 bits per heavy atom. The Balaban J connectivity index is 2.99. The number of allylic oxidation sites excluding steroid dienone is 1. The number of hydrogen-bond donors (Lipinski definition) is 1. The summed E-state index contributed by atoms with van der Waals surface area (Å²) in [7, 11) is 0. The summed E-state index contributed by atoms with van der Waals surface area (Å²) in [5.41, 5.74) is 0.794. The third-order valence-electron chi connectivity index (χ3n) is 2.32. The van der Waals surface area contributed by atoms with Crippen molar-refractivity contribution >= 4 is 27.9 Å². The van der Waals surface area contributed by atoms with E-state index in [0.29, 0.717) is 15.6 Å². The van der Waals surface area contributed by atoms with Crippen LogP contribution >= 0.6 is 15.9 Å². The fourth-order valence-corrected chi connectivity index (χ4v) is 1.92. The van der Waals surface area contributed by atoms with Gasteiger partial charge in [0.2, 0.25) is 0 Å². The van der Waals surface area contributed by atoms with Crippen LogP contribution in [0.25, 0.3) is 6.08 Å². The Kier molecular flexibility index (Phi) is 5.80. The first-order chi connectivity index (χ1) is 9.19. The fourth-order valence-electron chi connectivity index (χ4n) is 1.54. The molecule has 0 aliphatic rings. The van der Waals surface area contributed by atoms with Gasteiger partial charge in [-0.25, -0.2) is 0 Å². The maximum atomic E-state index is 12.1. The molecule has 1 aromatic carbocycles. The average Bonchev–Trinajstić information content (AvgIpc) is 2.26. The summed E-state index contributed by atoms with van der Waals surface area (Å²) in [6, 6.07) is 4.83. The molecule has 6 heteroatoms. The molecule has 20 heavy (non-hydrogen) atoms. The predicted octanol–water partition coefficient (Wildman–Crippen LogP) is 4.55. The van der Waals surface area contributed by atoms with E-state index >= 15 is 0 Å². The van der Waals surface area contributed by atoms with Gasteiger partial charge in [0, 0.05) is 16.1 Å². The molecule has 0 aliphatic carbocycles. The molecule has 0 unspecified atom stereocenters. The molecule has 110 valence electrons. The maximum Gasteiger partial charge on any atom is 0.392 e. The van der Waals surface area contributed by atoms with Gasteiger partial charge >= 0.3 is 6.18 Å². The number of alkyl halides is 3. The second-order valence-corrected chi connectivity index (χ2v) is 5.50. The van der Waals surface area contributed by atoms with Gasteiger partial charge in [-0.15, -0.1) is 0 Å². The Bertz CT molecular complexity index is 510. The summed E-state index contributed by atoms with van der Waals surface area (Å²) < 4.78 is 37.1. The third kappa shape index (κ3) is 5.77. The molecule has 2 nitrogen and oxygen atoms in total. The summed E-state index contributed by atoms with van der Waals surface area (Å²) >= 11 is 3.24. The second-order valence-electron chi connectivity index (χ2n) is 4.58. The first-order valence-electron chi connectivity index (χ1n) is 6.03. The highest BCUT2D eigenvalue weighted by atomic mass is 79.9. The molecule has 0 spiro atoms. The van der Waals surface area contributed by atoms with Crippen LogP contribution < -0.4 is 5.32 Å². The van der Waals surface area contributed by atoms with Crippen molar-refractivity contribution in [3.63, 3.8) is 0 Å². The fraction of sp³-hybridized carbons (Fsp3) is 0.357. The van der Waals surface area contributed by atoms with E-state index in [9.17, 15) is 18.0 Å². The summed E-state index contributed by atoms with van der Waals surface area (Å²) in [4.78, 5) is 12.0. The van der Waals surface area contributed by atoms with E-state index in [2.05, 4.69) is 21.2 Å². The first kappa shape index (κ1) is 16.8. The van der Waals surface area contributed by atoms with Crippen LogP contribution in [0.15, 0.2) is 28.7 Å². The number of nitrogens with one attached hydrogen (secondary N) is 1. The highest BCUT2D eigenvalue weighted by molar-refractivity contribution is 9.10. The molecule has 1 N–H and O–H groups in total. The van der Waals surface area contributed by atoms with Crippen LogP contribution in [0.1, 0.15) is 36.2 Å². The van der Waals surface area contributed by atoms with Crippen molar-refractivity contribution in [2.75, 3.05) is 0 Å². The van der Waals surface area contributed by atoms with Crippen LogP contribution in [0.4, 0.5) is 13.2 Å². The zero-order valence-corrected chi connectivity index (χ0v) is 12.7.